The lowest BCUT2D eigenvalue weighted by Crippen LogP contribution is -2.27. The van der Waals surface area contributed by atoms with Gasteiger partial charge in [0.15, 0.2) is 0 Å². The minimum atomic E-state index is -0.200. The van der Waals surface area contributed by atoms with E-state index in [-0.39, 0.29) is 17.9 Å². The summed E-state index contributed by atoms with van der Waals surface area (Å²) in [6.45, 7) is 3.90. The summed E-state index contributed by atoms with van der Waals surface area (Å²) in [5.41, 5.74) is 3.69. The van der Waals surface area contributed by atoms with E-state index in [1.165, 1.54) is 0 Å². The van der Waals surface area contributed by atoms with Crippen molar-refractivity contribution in [1.29, 1.82) is 0 Å². The Morgan fingerprint density at radius 3 is 2.39 bits per heavy atom. The van der Waals surface area contributed by atoms with Crippen molar-refractivity contribution in [2.75, 3.05) is 5.32 Å². The van der Waals surface area contributed by atoms with Crippen molar-refractivity contribution in [2.45, 2.75) is 32.7 Å². The Morgan fingerprint density at radius 2 is 1.70 bits per heavy atom. The fourth-order valence-electron chi connectivity index (χ4n) is 2.54. The van der Waals surface area contributed by atoms with E-state index in [1.54, 1.807) is 18.2 Å². The van der Waals surface area contributed by atoms with Gasteiger partial charge in [-0.2, -0.15) is 0 Å². The molecule has 2 amide bonds. The Bertz CT molecular complexity index is 764. The number of rotatable bonds is 4. The van der Waals surface area contributed by atoms with E-state index >= 15 is 0 Å². The molecule has 3 rings (SSSR count). The third-order valence-electron chi connectivity index (χ3n) is 3.96. The number of carbonyl (C=O) groups is 2. The van der Waals surface area contributed by atoms with E-state index in [2.05, 4.69) is 10.6 Å². The van der Waals surface area contributed by atoms with Crippen LogP contribution in [0.5, 0.6) is 0 Å². The number of hydrogen-bond donors (Lipinski definition) is 2. The molecule has 0 heterocycles. The number of benzene rings is 2. The summed E-state index contributed by atoms with van der Waals surface area (Å²) < 4.78 is 0. The first kappa shape index (κ1) is 15.3. The molecule has 2 N–H and O–H groups in total. The van der Waals surface area contributed by atoms with Gasteiger partial charge in [0.25, 0.3) is 11.8 Å². The smallest absolute Gasteiger partial charge is 0.255 e. The highest BCUT2D eigenvalue weighted by Gasteiger charge is 2.25. The average Bonchev–Trinajstić information content (AvgIpc) is 3.31. The predicted octanol–water partition coefficient (Wildman–Crippen LogP) is 3.45. The normalized spacial score (nSPS) is 13.5. The molecule has 4 nitrogen and oxygen atoms in total. The highest BCUT2D eigenvalue weighted by Crippen LogP contribution is 2.22. The third-order valence-corrected chi connectivity index (χ3v) is 3.96. The number of hydrogen-bond acceptors (Lipinski definition) is 2. The maximum Gasteiger partial charge on any atom is 0.255 e. The van der Waals surface area contributed by atoms with E-state index in [0.29, 0.717) is 16.8 Å². The van der Waals surface area contributed by atoms with Gasteiger partial charge in [-0.3, -0.25) is 9.59 Å². The summed E-state index contributed by atoms with van der Waals surface area (Å²) in [6.07, 6.45) is 2.06. The van der Waals surface area contributed by atoms with E-state index in [1.807, 2.05) is 38.1 Å². The molecule has 1 fully saturated rings. The number of anilines is 1. The molecule has 0 atom stereocenters. The van der Waals surface area contributed by atoms with Gasteiger partial charge in [0.2, 0.25) is 0 Å². The minimum Gasteiger partial charge on any atom is -0.349 e. The van der Waals surface area contributed by atoms with Gasteiger partial charge in [-0.15, -0.1) is 0 Å². The number of para-hydroxylation sites is 1. The zero-order valence-corrected chi connectivity index (χ0v) is 13.3. The lowest BCUT2D eigenvalue weighted by Gasteiger charge is -2.12. The van der Waals surface area contributed by atoms with E-state index in [4.69, 9.17) is 0 Å². The van der Waals surface area contributed by atoms with Crippen LogP contribution in [0.2, 0.25) is 0 Å². The second-order valence-electron chi connectivity index (χ2n) is 6.07. The van der Waals surface area contributed by atoms with Crippen molar-refractivity contribution in [3.05, 3.63) is 64.7 Å². The van der Waals surface area contributed by atoms with E-state index in [9.17, 15) is 9.59 Å². The van der Waals surface area contributed by atoms with Crippen LogP contribution in [-0.2, 0) is 0 Å². The molecule has 0 spiro atoms. The van der Waals surface area contributed by atoms with Crippen molar-refractivity contribution in [1.82, 2.24) is 5.32 Å². The highest BCUT2D eigenvalue weighted by atomic mass is 16.2. The van der Waals surface area contributed by atoms with Gasteiger partial charge < -0.3 is 10.6 Å². The van der Waals surface area contributed by atoms with Crippen LogP contribution in [0.3, 0.4) is 0 Å². The molecule has 0 bridgehead atoms. The Kier molecular flexibility index (Phi) is 4.15. The van der Waals surface area contributed by atoms with Crippen LogP contribution in [0.4, 0.5) is 5.69 Å². The predicted molar refractivity (Wildman–Crippen MR) is 90.8 cm³/mol. The van der Waals surface area contributed by atoms with Crippen molar-refractivity contribution in [2.24, 2.45) is 0 Å². The number of aryl methyl sites for hydroxylation is 2. The monoisotopic (exact) mass is 308 g/mol. The lowest BCUT2D eigenvalue weighted by molar-refractivity contribution is 0.0952. The quantitative estimate of drug-likeness (QED) is 0.909. The first-order valence-electron chi connectivity index (χ1n) is 7.83. The topological polar surface area (TPSA) is 58.2 Å². The van der Waals surface area contributed by atoms with Gasteiger partial charge in [-0.05, 0) is 50.5 Å². The molecule has 2 aromatic carbocycles. The maximum atomic E-state index is 12.5. The van der Waals surface area contributed by atoms with E-state index < -0.39 is 0 Å². The Labute approximate surface area is 135 Å². The standard InChI is InChI=1S/C19H20N2O2/c1-12-7-10-15(13(2)11-12)18(22)21-17-6-4-3-5-16(17)19(23)20-14-8-9-14/h3-7,10-11,14H,8-9H2,1-2H3,(H,20,23)(H,21,22). The third kappa shape index (κ3) is 3.59. The van der Waals surface area contributed by atoms with Gasteiger partial charge in [-0.1, -0.05) is 29.8 Å². The Hall–Kier alpha value is -2.62. The molecule has 1 saturated carbocycles. The average molecular weight is 308 g/mol. The van der Waals surface area contributed by atoms with Gasteiger partial charge >= 0.3 is 0 Å². The molecule has 0 aromatic heterocycles. The summed E-state index contributed by atoms with van der Waals surface area (Å²) in [7, 11) is 0. The SMILES string of the molecule is Cc1ccc(C(=O)Nc2ccccc2C(=O)NC2CC2)c(C)c1. The van der Waals surface area contributed by atoms with E-state index in [0.717, 1.165) is 24.0 Å². The minimum absolute atomic E-state index is 0.135. The molecule has 0 aliphatic heterocycles. The van der Waals surface area contributed by atoms with Crippen LogP contribution in [0, 0.1) is 13.8 Å². The van der Waals surface area contributed by atoms with Crippen LogP contribution in [0.25, 0.3) is 0 Å². The van der Waals surface area contributed by atoms with Crippen LogP contribution in [0.1, 0.15) is 44.7 Å². The summed E-state index contributed by atoms with van der Waals surface area (Å²) in [5, 5.41) is 5.81. The summed E-state index contributed by atoms with van der Waals surface area (Å²) in [4.78, 5) is 24.8. The van der Waals surface area contributed by atoms with Crippen LogP contribution in [-0.4, -0.2) is 17.9 Å². The molecule has 4 heteroatoms. The molecule has 1 aliphatic carbocycles. The summed E-state index contributed by atoms with van der Waals surface area (Å²) in [5.74, 6) is -0.335. The van der Waals surface area contributed by atoms with Gasteiger partial charge in [0.05, 0.1) is 11.3 Å². The van der Waals surface area contributed by atoms with Crippen LogP contribution < -0.4 is 10.6 Å². The van der Waals surface area contributed by atoms with Gasteiger partial charge in [-0.25, -0.2) is 0 Å². The number of amides is 2. The second-order valence-corrected chi connectivity index (χ2v) is 6.07. The lowest BCUT2D eigenvalue weighted by atomic mass is 10.0. The Balaban J connectivity index is 1.81. The first-order valence-corrected chi connectivity index (χ1v) is 7.83. The summed E-state index contributed by atoms with van der Waals surface area (Å²) >= 11 is 0. The second kappa shape index (κ2) is 6.24. The molecule has 0 saturated heterocycles. The molecular weight excluding hydrogens is 288 g/mol. The first-order chi connectivity index (χ1) is 11.0. The number of nitrogens with one attached hydrogen (secondary N) is 2. The summed E-state index contributed by atoms with van der Waals surface area (Å²) in [6, 6.07) is 13.1. The van der Waals surface area contributed by atoms with Crippen molar-refractivity contribution < 1.29 is 9.59 Å². The molecule has 0 radical (unpaired) electrons. The fourth-order valence-corrected chi connectivity index (χ4v) is 2.54. The zero-order valence-electron chi connectivity index (χ0n) is 13.3. The molecule has 118 valence electrons. The molecule has 0 unspecified atom stereocenters. The molecule has 2 aromatic rings. The van der Waals surface area contributed by atoms with Crippen molar-refractivity contribution >= 4 is 17.5 Å². The Morgan fingerprint density at radius 1 is 0.957 bits per heavy atom. The molecule has 23 heavy (non-hydrogen) atoms. The highest BCUT2D eigenvalue weighted by molar-refractivity contribution is 6.09. The van der Waals surface area contributed by atoms with Crippen molar-refractivity contribution in [3.63, 3.8) is 0 Å². The largest absolute Gasteiger partial charge is 0.349 e. The number of carbonyl (C=O) groups excluding carboxylic acids is 2. The van der Waals surface area contributed by atoms with Crippen LogP contribution >= 0.6 is 0 Å². The van der Waals surface area contributed by atoms with Crippen LogP contribution in [0.15, 0.2) is 42.5 Å². The van der Waals surface area contributed by atoms with Gasteiger partial charge in [0.1, 0.15) is 0 Å². The molecular formula is C19H20N2O2. The zero-order chi connectivity index (χ0) is 16.4. The maximum absolute atomic E-state index is 12.5. The van der Waals surface area contributed by atoms with Gasteiger partial charge in [0, 0.05) is 11.6 Å². The van der Waals surface area contributed by atoms with Crippen molar-refractivity contribution in [3.8, 4) is 0 Å². The fraction of sp³-hybridized carbons (Fsp3) is 0.263. The molecule has 1 aliphatic rings.